The van der Waals surface area contributed by atoms with E-state index in [0.29, 0.717) is 36.8 Å². The Balaban J connectivity index is 2.19. The van der Waals surface area contributed by atoms with Gasteiger partial charge < -0.3 is 9.47 Å². The lowest BCUT2D eigenvalue weighted by atomic mass is 10.3. The van der Waals surface area contributed by atoms with Gasteiger partial charge in [0.25, 0.3) is 0 Å². The van der Waals surface area contributed by atoms with Gasteiger partial charge in [-0.3, -0.25) is 4.99 Å². The standard InChI is InChI=1S/C15H20N2O4S/c1-4-16-10-12(2)11-17(3)22(18,19)13-5-6-14-15(9-13)21-8-7-20-14/h5-6,9-10H,2,4,7-8,11H2,1,3H3/b16-10-. The first-order valence-corrected chi connectivity index (χ1v) is 8.42. The Morgan fingerprint density at radius 2 is 2.05 bits per heavy atom. The van der Waals surface area contributed by atoms with Crippen molar-refractivity contribution < 1.29 is 17.9 Å². The van der Waals surface area contributed by atoms with E-state index in [1.165, 1.54) is 23.5 Å². The van der Waals surface area contributed by atoms with Crippen LogP contribution < -0.4 is 9.47 Å². The molecular formula is C15H20N2O4S. The van der Waals surface area contributed by atoms with E-state index < -0.39 is 10.0 Å². The van der Waals surface area contributed by atoms with Crippen molar-refractivity contribution in [2.24, 2.45) is 4.99 Å². The third-order valence-corrected chi connectivity index (χ3v) is 4.90. The molecule has 1 aromatic rings. The van der Waals surface area contributed by atoms with Crippen LogP contribution >= 0.6 is 0 Å². The van der Waals surface area contributed by atoms with Crippen molar-refractivity contribution >= 4 is 16.2 Å². The van der Waals surface area contributed by atoms with Crippen molar-refractivity contribution in [3.8, 4) is 11.5 Å². The maximum absolute atomic E-state index is 12.6. The summed E-state index contributed by atoms with van der Waals surface area (Å²) in [6, 6.07) is 4.62. The van der Waals surface area contributed by atoms with Gasteiger partial charge in [-0.2, -0.15) is 4.31 Å². The summed E-state index contributed by atoms with van der Waals surface area (Å²) in [7, 11) is -2.11. The summed E-state index contributed by atoms with van der Waals surface area (Å²) < 4.78 is 37.2. The van der Waals surface area contributed by atoms with E-state index in [0.717, 1.165) is 0 Å². The minimum absolute atomic E-state index is 0.166. The number of hydrogen-bond donors (Lipinski definition) is 0. The van der Waals surface area contributed by atoms with E-state index in [-0.39, 0.29) is 11.4 Å². The van der Waals surface area contributed by atoms with Crippen LogP contribution in [0, 0.1) is 0 Å². The molecular weight excluding hydrogens is 304 g/mol. The van der Waals surface area contributed by atoms with Crippen LogP contribution in [0.25, 0.3) is 0 Å². The molecule has 0 bridgehead atoms. The Morgan fingerprint density at radius 3 is 2.73 bits per heavy atom. The summed E-state index contributed by atoms with van der Waals surface area (Å²) in [5.74, 6) is 1.01. The molecule has 1 aliphatic heterocycles. The second-order valence-electron chi connectivity index (χ2n) is 4.85. The van der Waals surface area contributed by atoms with Crippen LogP contribution in [0.3, 0.4) is 0 Å². The van der Waals surface area contributed by atoms with Crippen LogP contribution in [-0.4, -0.2) is 52.3 Å². The van der Waals surface area contributed by atoms with Gasteiger partial charge in [0.2, 0.25) is 10.0 Å². The molecule has 1 aliphatic rings. The number of fused-ring (bicyclic) bond motifs is 1. The van der Waals surface area contributed by atoms with Crippen LogP contribution in [0.4, 0.5) is 0 Å². The molecule has 0 aliphatic carbocycles. The van der Waals surface area contributed by atoms with Gasteiger partial charge in [-0.1, -0.05) is 6.58 Å². The largest absolute Gasteiger partial charge is 0.486 e. The topological polar surface area (TPSA) is 68.2 Å². The Bertz CT molecular complexity index is 683. The third-order valence-electron chi connectivity index (χ3n) is 3.10. The molecule has 0 aromatic heterocycles. The molecule has 0 radical (unpaired) electrons. The van der Waals surface area contributed by atoms with Gasteiger partial charge in [0.1, 0.15) is 13.2 Å². The van der Waals surface area contributed by atoms with Gasteiger partial charge in [-0.15, -0.1) is 0 Å². The van der Waals surface area contributed by atoms with Crippen molar-refractivity contribution in [3.63, 3.8) is 0 Å². The molecule has 120 valence electrons. The van der Waals surface area contributed by atoms with Gasteiger partial charge in [-0.05, 0) is 24.6 Å². The number of aliphatic imine (C=N–C) groups is 1. The summed E-state index contributed by atoms with van der Waals surface area (Å²) in [4.78, 5) is 4.22. The lowest BCUT2D eigenvalue weighted by Gasteiger charge is -2.21. The minimum atomic E-state index is -3.62. The Kier molecular flexibility index (Phi) is 5.20. The number of rotatable bonds is 6. The maximum Gasteiger partial charge on any atom is 0.243 e. The highest BCUT2D eigenvalue weighted by Crippen LogP contribution is 2.32. The van der Waals surface area contributed by atoms with Crippen molar-refractivity contribution in [2.75, 3.05) is 33.4 Å². The molecule has 0 fully saturated rings. The predicted octanol–water partition coefficient (Wildman–Crippen LogP) is 1.73. The second-order valence-corrected chi connectivity index (χ2v) is 6.90. The van der Waals surface area contributed by atoms with Crippen LogP contribution in [0.5, 0.6) is 11.5 Å². The van der Waals surface area contributed by atoms with Gasteiger partial charge in [-0.25, -0.2) is 8.42 Å². The van der Waals surface area contributed by atoms with Crippen molar-refractivity contribution in [3.05, 3.63) is 30.4 Å². The molecule has 7 heteroatoms. The summed E-state index contributed by atoms with van der Waals surface area (Å²) >= 11 is 0. The van der Waals surface area contributed by atoms with Gasteiger partial charge in [0.15, 0.2) is 11.5 Å². The zero-order chi connectivity index (χ0) is 16.2. The van der Waals surface area contributed by atoms with E-state index in [1.54, 1.807) is 12.3 Å². The summed E-state index contributed by atoms with van der Waals surface area (Å²) in [5.41, 5.74) is 0.630. The van der Waals surface area contributed by atoms with E-state index in [9.17, 15) is 8.42 Å². The zero-order valence-corrected chi connectivity index (χ0v) is 13.6. The number of nitrogens with zero attached hydrogens (tertiary/aromatic N) is 2. The molecule has 0 N–H and O–H groups in total. The average molecular weight is 324 g/mol. The molecule has 0 saturated carbocycles. The SMILES string of the molecule is C=C(/C=N\CC)CN(C)S(=O)(=O)c1ccc2c(c1)OCCO2. The van der Waals surface area contributed by atoms with Crippen LogP contribution in [-0.2, 0) is 10.0 Å². The number of sulfonamides is 1. The molecule has 1 aromatic carbocycles. The van der Waals surface area contributed by atoms with E-state index in [2.05, 4.69) is 11.6 Å². The van der Waals surface area contributed by atoms with Crippen molar-refractivity contribution in [1.82, 2.24) is 4.31 Å². The second kappa shape index (κ2) is 6.93. The first kappa shape index (κ1) is 16.5. The van der Waals surface area contributed by atoms with E-state index in [1.807, 2.05) is 6.92 Å². The molecule has 0 saturated heterocycles. The van der Waals surface area contributed by atoms with Crippen LogP contribution in [0.1, 0.15) is 6.92 Å². The van der Waals surface area contributed by atoms with Crippen molar-refractivity contribution in [1.29, 1.82) is 0 Å². The number of hydrogen-bond acceptors (Lipinski definition) is 5. The highest BCUT2D eigenvalue weighted by molar-refractivity contribution is 7.89. The first-order valence-electron chi connectivity index (χ1n) is 6.98. The lowest BCUT2D eigenvalue weighted by Crippen LogP contribution is -2.29. The van der Waals surface area contributed by atoms with Gasteiger partial charge >= 0.3 is 0 Å². The average Bonchev–Trinajstić information content (AvgIpc) is 2.52. The Morgan fingerprint density at radius 1 is 1.36 bits per heavy atom. The minimum Gasteiger partial charge on any atom is -0.486 e. The van der Waals surface area contributed by atoms with Crippen molar-refractivity contribution in [2.45, 2.75) is 11.8 Å². The molecule has 0 unspecified atom stereocenters. The zero-order valence-electron chi connectivity index (χ0n) is 12.8. The quantitative estimate of drug-likeness (QED) is 0.747. The van der Waals surface area contributed by atoms with Gasteiger partial charge in [0, 0.05) is 32.4 Å². The monoisotopic (exact) mass is 324 g/mol. The predicted molar refractivity (Wildman–Crippen MR) is 85.4 cm³/mol. The van der Waals surface area contributed by atoms with E-state index >= 15 is 0 Å². The number of benzene rings is 1. The molecule has 1 heterocycles. The maximum atomic E-state index is 12.6. The Labute approximate surface area is 131 Å². The first-order chi connectivity index (χ1) is 10.4. The summed E-state index contributed by atoms with van der Waals surface area (Å²) in [6.07, 6.45) is 1.59. The summed E-state index contributed by atoms with van der Waals surface area (Å²) in [5, 5.41) is 0. The fourth-order valence-corrected chi connectivity index (χ4v) is 3.19. The molecule has 6 nitrogen and oxygen atoms in total. The highest BCUT2D eigenvalue weighted by atomic mass is 32.2. The van der Waals surface area contributed by atoms with Crippen LogP contribution in [0.15, 0.2) is 40.2 Å². The molecule has 0 atom stereocenters. The smallest absolute Gasteiger partial charge is 0.243 e. The fraction of sp³-hybridized carbons (Fsp3) is 0.400. The molecule has 22 heavy (non-hydrogen) atoms. The fourth-order valence-electron chi connectivity index (χ4n) is 2.00. The number of likely N-dealkylation sites (N-methyl/N-ethyl adjacent to an activating group) is 1. The normalized spacial score (nSPS) is 14.5. The number of ether oxygens (including phenoxy) is 2. The van der Waals surface area contributed by atoms with Gasteiger partial charge in [0.05, 0.1) is 4.90 Å². The lowest BCUT2D eigenvalue weighted by molar-refractivity contribution is 0.171. The summed E-state index contributed by atoms with van der Waals surface area (Å²) in [6.45, 7) is 7.41. The van der Waals surface area contributed by atoms with E-state index in [4.69, 9.17) is 9.47 Å². The molecule has 2 rings (SSSR count). The molecule has 0 amide bonds. The molecule has 0 spiro atoms. The third kappa shape index (κ3) is 3.66. The highest BCUT2D eigenvalue weighted by Gasteiger charge is 2.23. The Hall–Kier alpha value is -1.86. The van der Waals surface area contributed by atoms with Crippen LogP contribution in [0.2, 0.25) is 0 Å².